The number of nitrogens with zero attached hydrogens (tertiary/aromatic N) is 2. The molecule has 0 saturated carbocycles. The van der Waals surface area contributed by atoms with Gasteiger partial charge in [0, 0.05) is 18.7 Å². The maximum absolute atomic E-state index is 13.4. The predicted molar refractivity (Wildman–Crippen MR) is 75.4 cm³/mol. The lowest BCUT2D eigenvalue weighted by Gasteiger charge is -2.19. The number of H-pyrrole nitrogens is 1. The Hall–Kier alpha value is -0.910. The van der Waals surface area contributed by atoms with Gasteiger partial charge in [0.1, 0.15) is 5.82 Å². The van der Waals surface area contributed by atoms with Gasteiger partial charge in [-0.25, -0.2) is 4.39 Å². The predicted octanol–water partition coefficient (Wildman–Crippen LogP) is 3.61. The molecule has 0 aliphatic heterocycles. The van der Waals surface area contributed by atoms with Gasteiger partial charge >= 0.3 is 0 Å². The van der Waals surface area contributed by atoms with Crippen LogP contribution in [0.1, 0.15) is 13.0 Å². The number of benzene rings is 1. The molecule has 2 aromatic rings. The van der Waals surface area contributed by atoms with Gasteiger partial charge in [-0.15, -0.1) is 0 Å². The molecule has 18 heavy (non-hydrogen) atoms. The number of hydrogen-bond acceptors (Lipinski definition) is 2. The van der Waals surface area contributed by atoms with Gasteiger partial charge in [-0.05, 0) is 39.3 Å². The molecular weight excluding hydrogens is 273 g/mol. The minimum atomic E-state index is -0.437. The number of rotatable bonds is 3. The standard InChI is InChI=1S/C12H15ClFN3S/c1-7(6-16(2)3)17-11-4-8(13)9(14)5-10(11)15-12(17)18/h4-5,7H,6H2,1-3H3,(H,15,18). The van der Waals surface area contributed by atoms with Crippen molar-refractivity contribution in [3.05, 3.63) is 27.7 Å². The molecule has 1 atom stereocenters. The summed E-state index contributed by atoms with van der Waals surface area (Å²) in [6, 6.07) is 3.18. The van der Waals surface area contributed by atoms with Crippen molar-refractivity contribution in [2.75, 3.05) is 20.6 Å². The monoisotopic (exact) mass is 287 g/mol. The molecule has 1 heterocycles. The van der Waals surface area contributed by atoms with E-state index in [1.54, 1.807) is 6.07 Å². The van der Waals surface area contributed by atoms with Gasteiger partial charge in [0.05, 0.1) is 16.1 Å². The summed E-state index contributed by atoms with van der Waals surface area (Å²) in [7, 11) is 4.00. The molecule has 0 saturated heterocycles. The first-order valence-electron chi connectivity index (χ1n) is 5.64. The second-order valence-corrected chi connectivity index (χ2v) is 5.49. The Kier molecular flexibility index (Phi) is 3.75. The third kappa shape index (κ3) is 2.43. The summed E-state index contributed by atoms with van der Waals surface area (Å²) >= 11 is 11.1. The molecule has 6 heteroatoms. The van der Waals surface area contributed by atoms with Gasteiger partial charge in [-0.1, -0.05) is 11.6 Å². The van der Waals surface area contributed by atoms with Crippen LogP contribution in [0.25, 0.3) is 11.0 Å². The van der Waals surface area contributed by atoms with E-state index in [1.165, 1.54) is 6.07 Å². The lowest BCUT2D eigenvalue weighted by Crippen LogP contribution is -2.22. The number of aromatic nitrogens is 2. The van der Waals surface area contributed by atoms with E-state index in [4.69, 9.17) is 23.8 Å². The van der Waals surface area contributed by atoms with Crippen LogP contribution in [0.2, 0.25) is 5.02 Å². The molecule has 2 rings (SSSR count). The zero-order valence-corrected chi connectivity index (χ0v) is 12.1. The molecule has 1 unspecified atom stereocenters. The van der Waals surface area contributed by atoms with Crippen LogP contribution in [-0.4, -0.2) is 35.1 Å². The zero-order valence-electron chi connectivity index (χ0n) is 10.5. The second-order valence-electron chi connectivity index (χ2n) is 4.69. The van der Waals surface area contributed by atoms with Crippen LogP contribution in [-0.2, 0) is 0 Å². The summed E-state index contributed by atoms with van der Waals surface area (Å²) in [6.07, 6.45) is 0. The summed E-state index contributed by atoms with van der Waals surface area (Å²) in [5.41, 5.74) is 1.51. The summed E-state index contributed by atoms with van der Waals surface area (Å²) in [5, 5.41) is 0.113. The first-order valence-corrected chi connectivity index (χ1v) is 6.42. The van der Waals surface area contributed by atoms with E-state index in [9.17, 15) is 4.39 Å². The topological polar surface area (TPSA) is 24.0 Å². The summed E-state index contributed by atoms with van der Waals surface area (Å²) in [4.78, 5) is 5.09. The van der Waals surface area contributed by atoms with E-state index in [1.807, 2.05) is 18.7 Å². The van der Waals surface area contributed by atoms with Crippen molar-refractivity contribution in [3.63, 3.8) is 0 Å². The van der Waals surface area contributed by atoms with Crippen molar-refractivity contribution in [1.29, 1.82) is 0 Å². The number of hydrogen-bond donors (Lipinski definition) is 1. The zero-order chi connectivity index (χ0) is 13.4. The fourth-order valence-corrected chi connectivity index (χ4v) is 2.71. The van der Waals surface area contributed by atoms with Crippen molar-refractivity contribution in [2.24, 2.45) is 0 Å². The van der Waals surface area contributed by atoms with Crippen LogP contribution in [0.4, 0.5) is 4.39 Å². The van der Waals surface area contributed by atoms with Crippen molar-refractivity contribution in [3.8, 4) is 0 Å². The Morgan fingerprint density at radius 1 is 1.50 bits per heavy atom. The van der Waals surface area contributed by atoms with Crippen molar-refractivity contribution in [2.45, 2.75) is 13.0 Å². The molecular formula is C12H15ClFN3S. The van der Waals surface area contributed by atoms with Gasteiger partial charge in [0.25, 0.3) is 0 Å². The molecule has 1 aromatic carbocycles. The van der Waals surface area contributed by atoms with Crippen LogP contribution in [0.15, 0.2) is 12.1 Å². The highest BCUT2D eigenvalue weighted by molar-refractivity contribution is 7.71. The van der Waals surface area contributed by atoms with Gasteiger partial charge in [0.15, 0.2) is 4.77 Å². The minimum absolute atomic E-state index is 0.113. The maximum Gasteiger partial charge on any atom is 0.178 e. The summed E-state index contributed by atoms with van der Waals surface area (Å²) in [6.45, 7) is 2.91. The van der Waals surface area contributed by atoms with E-state index in [2.05, 4.69) is 16.8 Å². The first kappa shape index (κ1) is 13.5. The fraction of sp³-hybridized carbons (Fsp3) is 0.417. The number of aromatic amines is 1. The Morgan fingerprint density at radius 3 is 2.78 bits per heavy atom. The average Bonchev–Trinajstić information content (AvgIpc) is 2.53. The van der Waals surface area contributed by atoms with E-state index < -0.39 is 5.82 Å². The van der Waals surface area contributed by atoms with Crippen LogP contribution in [0, 0.1) is 10.6 Å². The Morgan fingerprint density at radius 2 is 2.17 bits per heavy atom. The van der Waals surface area contributed by atoms with Crippen LogP contribution in [0.3, 0.4) is 0 Å². The first-order chi connectivity index (χ1) is 8.40. The highest BCUT2D eigenvalue weighted by atomic mass is 35.5. The van der Waals surface area contributed by atoms with E-state index in [0.717, 1.165) is 12.1 Å². The normalized spacial score (nSPS) is 13.4. The van der Waals surface area contributed by atoms with Gasteiger partial charge < -0.3 is 14.5 Å². The van der Waals surface area contributed by atoms with E-state index in [-0.39, 0.29) is 11.1 Å². The molecule has 0 aliphatic rings. The highest BCUT2D eigenvalue weighted by Crippen LogP contribution is 2.25. The second kappa shape index (κ2) is 4.99. The molecule has 1 N–H and O–H groups in total. The quantitative estimate of drug-likeness (QED) is 0.872. The molecule has 0 aliphatic carbocycles. The minimum Gasteiger partial charge on any atom is -0.330 e. The van der Waals surface area contributed by atoms with Crippen molar-refractivity contribution in [1.82, 2.24) is 14.5 Å². The van der Waals surface area contributed by atoms with Crippen LogP contribution < -0.4 is 0 Å². The van der Waals surface area contributed by atoms with Gasteiger partial charge in [-0.3, -0.25) is 0 Å². The number of likely N-dealkylation sites (N-methyl/N-ethyl adjacent to an activating group) is 1. The van der Waals surface area contributed by atoms with Crippen molar-refractivity contribution < 1.29 is 4.39 Å². The molecule has 0 bridgehead atoms. The SMILES string of the molecule is CC(CN(C)C)n1c(=S)[nH]c2cc(F)c(Cl)cc21. The summed E-state index contributed by atoms with van der Waals surface area (Å²) < 4.78 is 15.9. The van der Waals surface area contributed by atoms with E-state index >= 15 is 0 Å². The summed E-state index contributed by atoms with van der Waals surface area (Å²) in [5.74, 6) is -0.437. The molecule has 3 nitrogen and oxygen atoms in total. The molecule has 0 amide bonds. The maximum atomic E-state index is 13.4. The Bertz CT molecular complexity index is 632. The number of fused-ring (bicyclic) bond motifs is 1. The number of nitrogens with one attached hydrogen (secondary N) is 1. The Balaban J connectivity index is 2.60. The Labute approximate surface area is 115 Å². The van der Waals surface area contributed by atoms with Crippen LogP contribution >= 0.6 is 23.8 Å². The third-order valence-corrected chi connectivity index (χ3v) is 3.42. The largest absolute Gasteiger partial charge is 0.330 e. The smallest absolute Gasteiger partial charge is 0.178 e. The highest BCUT2D eigenvalue weighted by Gasteiger charge is 2.14. The molecule has 0 fully saturated rings. The third-order valence-electron chi connectivity index (χ3n) is 2.83. The molecule has 1 aromatic heterocycles. The van der Waals surface area contributed by atoms with Gasteiger partial charge in [0.2, 0.25) is 0 Å². The van der Waals surface area contributed by atoms with Crippen LogP contribution in [0.5, 0.6) is 0 Å². The molecule has 98 valence electrons. The van der Waals surface area contributed by atoms with Crippen molar-refractivity contribution >= 4 is 34.9 Å². The lowest BCUT2D eigenvalue weighted by molar-refractivity contribution is 0.339. The molecule has 0 radical (unpaired) electrons. The number of imidazole rings is 1. The van der Waals surface area contributed by atoms with Gasteiger partial charge in [-0.2, -0.15) is 0 Å². The molecule has 0 spiro atoms. The lowest BCUT2D eigenvalue weighted by atomic mass is 10.2. The average molecular weight is 288 g/mol. The van der Waals surface area contributed by atoms with E-state index in [0.29, 0.717) is 10.3 Å². The fourth-order valence-electron chi connectivity index (χ4n) is 2.17. The number of halogens is 2.